The standard InChI is InChI=1S/C20H19N3O2S/c1-12-4-5-13(2)18-17(12)23-20(26-18)22-16(24)11-8-14-6-9-15(10-7-14)19(25)21-3/h4-11H,1-3H3,(H,21,25)(H,22,23,24)/b11-8+. The lowest BCUT2D eigenvalue weighted by molar-refractivity contribution is -0.111. The van der Waals surface area contributed by atoms with Gasteiger partial charge in [0.15, 0.2) is 5.13 Å². The summed E-state index contributed by atoms with van der Waals surface area (Å²) in [6, 6.07) is 11.1. The average molecular weight is 365 g/mol. The van der Waals surface area contributed by atoms with E-state index >= 15 is 0 Å². The summed E-state index contributed by atoms with van der Waals surface area (Å²) < 4.78 is 1.09. The molecule has 2 aromatic carbocycles. The number of carbonyl (C=O) groups is 2. The van der Waals surface area contributed by atoms with E-state index in [0.717, 1.165) is 26.9 Å². The van der Waals surface area contributed by atoms with Crippen LogP contribution in [0, 0.1) is 13.8 Å². The van der Waals surface area contributed by atoms with Gasteiger partial charge >= 0.3 is 0 Å². The maximum absolute atomic E-state index is 12.2. The van der Waals surface area contributed by atoms with E-state index in [1.807, 2.05) is 19.9 Å². The molecule has 0 saturated carbocycles. The van der Waals surface area contributed by atoms with Crippen molar-refractivity contribution in [3.63, 3.8) is 0 Å². The van der Waals surface area contributed by atoms with E-state index in [9.17, 15) is 9.59 Å². The Labute approximate surface area is 155 Å². The molecule has 0 unspecified atom stereocenters. The number of fused-ring (bicyclic) bond motifs is 1. The van der Waals surface area contributed by atoms with Gasteiger partial charge in [-0.2, -0.15) is 0 Å². The second-order valence-electron chi connectivity index (χ2n) is 5.92. The van der Waals surface area contributed by atoms with Crippen molar-refractivity contribution in [1.29, 1.82) is 0 Å². The lowest BCUT2D eigenvalue weighted by atomic mass is 10.1. The molecule has 0 aliphatic rings. The summed E-state index contributed by atoms with van der Waals surface area (Å²) in [5, 5.41) is 5.97. The SMILES string of the molecule is CNC(=O)c1ccc(/C=C/C(=O)Nc2nc3c(C)ccc(C)c3s2)cc1. The van der Waals surface area contributed by atoms with Gasteiger partial charge in [0, 0.05) is 18.7 Å². The molecule has 2 N–H and O–H groups in total. The average Bonchev–Trinajstić information content (AvgIpc) is 3.08. The lowest BCUT2D eigenvalue weighted by Crippen LogP contribution is -2.17. The van der Waals surface area contributed by atoms with Crippen LogP contribution in [0.1, 0.15) is 27.0 Å². The van der Waals surface area contributed by atoms with Crippen molar-refractivity contribution in [2.75, 3.05) is 12.4 Å². The highest BCUT2D eigenvalue weighted by molar-refractivity contribution is 7.22. The van der Waals surface area contributed by atoms with Gasteiger partial charge in [0.1, 0.15) is 0 Å². The molecular weight excluding hydrogens is 346 g/mol. The van der Waals surface area contributed by atoms with Crippen molar-refractivity contribution in [2.24, 2.45) is 0 Å². The third-order valence-corrected chi connectivity index (χ3v) is 5.11. The first kappa shape index (κ1) is 17.8. The summed E-state index contributed by atoms with van der Waals surface area (Å²) in [5.74, 6) is -0.380. The van der Waals surface area contributed by atoms with Crippen LogP contribution in [-0.2, 0) is 4.79 Å². The van der Waals surface area contributed by atoms with E-state index in [2.05, 4.69) is 21.7 Å². The molecule has 0 radical (unpaired) electrons. The van der Waals surface area contributed by atoms with Crippen molar-refractivity contribution in [3.05, 3.63) is 64.7 Å². The molecule has 0 bridgehead atoms. The van der Waals surface area contributed by atoms with E-state index in [0.29, 0.717) is 10.7 Å². The number of aryl methyl sites for hydroxylation is 2. The molecule has 132 valence electrons. The highest BCUT2D eigenvalue weighted by Gasteiger charge is 2.09. The molecule has 0 saturated heterocycles. The summed E-state index contributed by atoms with van der Waals surface area (Å²) in [6.07, 6.45) is 3.16. The lowest BCUT2D eigenvalue weighted by Gasteiger charge is -2.00. The minimum atomic E-state index is -0.241. The molecule has 3 aromatic rings. The molecule has 0 aliphatic carbocycles. The van der Waals surface area contributed by atoms with Gasteiger partial charge in [-0.25, -0.2) is 4.98 Å². The predicted molar refractivity (Wildman–Crippen MR) is 107 cm³/mol. The number of benzene rings is 2. The minimum absolute atomic E-state index is 0.139. The zero-order valence-electron chi connectivity index (χ0n) is 14.8. The van der Waals surface area contributed by atoms with E-state index in [-0.39, 0.29) is 11.8 Å². The van der Waals surface area contributed by atoms with Crippen LogP contribution in [0.4, 0.5) is 5.13 Å². The number of aromatic nitrogens is 1. The van der Waals surface area contributed by atoms with Crippen LogP contribution in [0.2, 0.25) is 0 Å². The summed E-state index contributed by atoms with van der Waals surface area (Å²) in [4.78, 5) is 28.2. The van der Waals surface area contributed by atoms with Gasteiger partial charge in [-0.05, 0) is 48.7 Å². The number of rotatable bonds is 4. The molecule has 3 rings (SSSR count). The first-order valence-electron chi connectivity index (χ1n) is 8.16. The molecular formula is C20H19N3O2S. The molecule has 5 nitrogen and oxygen atoms in total. The number of thiazole rings is 1. The fourth-order valence-electron chi connectivity index (χ4n) is 2.52. The Morgan fingerprint density at radius 2 is 1.73 bits per heavy atom. The number of anilines is 1. The Hall–Kier alpha value is -2.99. The minimum Gasteiger partial charge on any atom is -0.355 e. The second kappa shape index (κ2) is 7.49. The molecule has 0 spiro atoms. The number of hydrogen-bond acceptors (Lipinski definition) is 4. The Bertz CT molecular complexity index is 965. The van der Waals surface area contributed by atoms with Crippen molar-refractivity contribution in [3.8, 4) is 0 Å². The normalized spacial score (nSPS) is 11.0. The van der Waals surface area contributed by atoms with Crippen molar-refractivity contribution in [2.45, 2.75) is 13.8 Å². The Morgan fingerprint density at radius 3 is 2.38 bits per heavy atom. The topological polar surface area (TPSA) is 71.1 Å². The van der Waals surface area contributed by atoms with Crippen LogP contribution < -0.4 is 10.6 Å². The number of amides is 2. The quantitative estimate of drug-likeness (QED) is 0.688. The highest BCUT2D eigenvalue weighted by Crippen LogP contribution is 2.30. The fraction of sp³-hybridized carbons (Fsp3) is 0.150. The first-order valence-corrected chi connectivity index (χ1v) is 8.97. The molecule has 0 aliphatic heterocycles. The van der Waals surface area contributed by atoms with Gasteiger partial charge in [-0.1, -0.05) is 35.6 Å². The summed E-state index contributed by atoms with van der Waals surface area (Å²) in [7, 11) is 1.59. The van der Waals surface area contributed by atoms with Gasteiger partial charge < -0.3 is 5.32 Å². The van der Waals surface area contributed by atoms with E-state index in [4.69, 9.17) is 0 Å². The van der Waals surface area contributed by atoms with Crippen LogP contribution in [0.5, 0.6) is 0 Å². The molecule has 0 fully saturated rings. The number of nitrogens with one attached hydrogen (secondary N) is 2. The van der Waals surface area contributed by atoms with Crippen molar-refractivity contribution in [1.82, 2.24) is 10.3 Å². The zero-order chi connectivity index (χ0) is 18.7. The van der Waals surface area contributed by atoms with Crippen LogP contribution >= 0.6 is 11.3 Å². The monoisotopic (exact) mass is 365 g/mol. The molecule has 2 amide bonds. The third kappa shape index (κ3) is 3.81. The molecule has 26 heavy (non-hydrogen) atoms. The Balaban J connectivity index is 1.70. The van der Waals surface area contributed by atoms with Gasteiger partial charge in [0.2, 0.25) is 5.91 Å². The molecule has 0 atom stereocenters. The van der Waals surface area contributed by atoms with E-state index in [1.165, 1.54) is 17.4 Å². The van der Waals surface area contributed by atoms with E-state index in [1.54, 1.807) is 37.4 Å². The van der Waals surface area contributed by atoms with Crippen LogP contribution in [0.3, 0.4) is 0 Å². The largest absolute Gasteiger partial charge is 0.355 e. The summed E-state index contributed by atoms with van der Waals surface area (Å²) in [5.41, 5.74) is 4.58. The van der Waals surface area contributed by atoms with Crippen molar-refractivity contribution >= 4 is 44.6 Å². The van der Waals surface area contributed by atoms with Gasteiger partial charge in [0.25, 0.3) is 5.91 Å². The summed E-state index contributed by atoms with van der Waals surface area (Å²) >= 11 is 1.47. The van der Waals surface area contributed by atoms with Gasteiger partial charge in [-0.3, -0.25) is 14.9 Å². The Kier molecular flexibility index (Phi) is 5.14. The maximum atomic E-state index is 12.2. The smallest absolute Gasteiger partial charge is 0.251 e. The predicted octanol–water partition coefficient (Wildman–Crippen LogP) is 3.92. The van der Waals surface area contributed by atoms with Gasteiger partial charge in [-0.15, -0.1) is 0 Å². The summed E-state index contributed by atoms with van der Waals surface area (Å²) in [6.45, 7) is 4.05. The van der Waals surface area contributed by atoms with Crippen LogP contribution in [0.15, 0.2) is 42.5 Å². The third-order valence-electron chi connectivity index (χ3n) is 4.00. The highest BCUT2D eigenvalue weighted by atomic mass is 32.1. The fourth-order valence-corrected chi connectivity index (χ4v) is 3.54. The number of hydrogen-bond donors (Lipinski definition) is 2. The maximum Gasteiger partial charge on any atom is 0.251 e. The van der Waals surface area contributed by atoms with E-state index < -0.39 is 0 Å². The van der Waals surface area contributed by atoms with Crippen LogP contribution in [-0.4, -0.2) is 23.8 Å². The Morgan fingerprint density at radius 1 is 1.04 bits per heavy atom. The molecule has 1 heterocycles. The van der Waals surface area contributed by atoms with Crippen LogP contribution in [0.25, 0.3) is 16.3 Å². The first-order chi connectivity index (χ1) is 12.5. The second-order valence-corrected chi connectivity index (χ2v) is 6.92. The number of carbonyl (C=O) groups excluding carboxylic acids is 2. The number of nitrogens with zero attached hydrogens (tertiary/aromatic N) is 1. The molecule has 1 aromatic heterocycles. The zero-order valence-corrected chi connectivity index (χ0v) is 15.6. The van der Waals surface area contributed by atoms with Gasteiger partial charge in [0.05, 0.1) is 10.2 Å². The van der Waals surface area contributed by atoms with Crippen molar-refractivity contribution < 1.29 is 9.59 Å². The molecule has 6 heteroatoms.